The number of nitro benzene ring substituents is 1. The van der Waals surface area contributed by atoms with Crippen LogP contribution in [0.15, 0.2) is 48.5 Å². The Kier molecular flexibility index (Phi) is 4.73. The zero-order valence-corrected chi connectivity index (χ0v) is 15.4. The Labute approximate surface area is 153 Å². The lowest BCUT2D eigenvalue weighted by atomic mass is 9.79. The smallest absolute Gasteiger partial charge is 0.399 e. The highest BCUT2D eigenvalue weighted by Crippen LogP contribution is 2.36. The lowest BCUT2D eigenvalue weighted by Crippen LogP contribution is -2.41. The summed E-state index contributed by atoms with van der Waals surface area (Å²) in [7, 11) is -0.380. The molecule has 1 fully saturated rings. The Hall–Kier alpha value is -2.44. The van der Waals surface area contributed by atoms with E-state index >= 15 is 0 Å². The highest BCUT2D eigenvalue weighted by atomic mass is 16.7. The molecule has 0 aromatic heterocycles. The molecule has 3 rings (SSSR count). The second-order valence-corrected chi connectivity index (χ2v) is 7.44. The van der Waals surface area contributed by atoms with E-state index in [2.05, 4.69) is 0 Å². The Morgan fingerprint density at radius 1 is 0.923 bits per heavy atom. The molecule has 0 amide bonds. The molecule has 26 heavy (non-hydrogen) atoms. The summed E-state index contributed by atoms with van der Waals surface area (Å²) < 4.78 is 12.1. The first-order valence-corrected chi connectivity index (χ1v) is 8.56. The highest BCUT2D eigenvalue weighted by molar-refractivity contribution is 6.62. The van der Waals surface area contributed by atoms with Crippen LogP contribution in [0.4, 0.5) is 5.69 Å². The topological polar surface area (TPSA) is 61.6 Å². The van der Waals surface area contributed by atoms with Crippen molar-refractivity contribution >= 4 is 30.4 Å². The van der Waals surface area contributed by atoms with Crippen molar-refractivity contribution in [2.45, 2.75) is 38.9 Å². The van der Waals surface area contributed by atoms with Gasteiger partial charge in [-0.15, -0.1) is 0 Å². The van der Waals surface area contributed by atoms with Crippen LogP contribution in [0.25, 0.3) is 12.2 Å². The Morgan fingerprint density at radius 2 is 1.50 bits per heavy atom. The van der Waals surface area contributed by atoms with Crippen molar-refractivity contribution in [2.75, 3.05) is 0 Å². The summed E-state index contributed by atoms with van der Waals surface area (Å²) in [6, 6.07) is 14.5. The molecule has 1 aliphatic heterocycles. The molecule has 2 aromatic carbocycles. The molecule has 0 aliphatic carbocycles. The van der Waals surface area contributed by atoms with Gasteiger partial charge in [0.15, 0.2) is 0 Å². The quantitative estimate of drug-likeness (QED) is 0.361. The minimum Gasteiger partial charge on any atom is -0.399 e. The van der Waals surface area contributed by atoms with E-state index in [1.165, 1.54) is 6.07 Å². The summed E-state index contributed by atoms with van der Waals surface area (Å²) in [5, 5.41) is 10.8. The molecule has 0 unspecified atom stereocenters. The van der Waals surface area contributed by atoms with Gasteiger partial charge in [-0.3, -0.25) is 10.1 Å². The lowest BCUT2D eigenvalue weighted by molar-refractivity contribution is -0.384. The zero-order chi connectivity index (χ0) is 18.9. The van der Waals surface area contributed by atoms with E-state index in [0.29, 0.717) is 0 Å². The molecular weight excluding hydrogens is 329 g/mol. The predicted molar refractivity (Wildman–Crippen MR) is 104 cm³/mol. The monoisotopic (exact) mass is 351 g/mol. The zero-order valence-electron chi connectivity index (χ0n) is 15.4. The summed E-state index contributed by atoms with van der Waals surface area (Å²) >= 11 is 0. The maximum atomic E-state index is 10.8. The molecule has 0 radical (unpaired) electrons. The van der Waals surface area contributed by atoms with Crippen LogP contribution in [0.3, 0.4) is 0 Å². The van der Waals surface area contributed by atoms with Crippen molar-refractivity contribution in [3.05, 3.63) is 69.8 Å². The summed E-state index contributed by atoms with van der Waals surface area (Å²) in [6.45, 7) is 8.12. The van der Waals surface area contributed by atoms with Crippen LogP contribution in [0, 0.1) is 10.1 Å². The molecule has 0 N–H and O–H groups in total. The number of rotatable bonds is 4. The number of hydrogen-bond donors (Lipinski definition) is 0. The molecule has 0 spiro atoms. The van der Waals surface area contributed by atoms with E-state index in [1.807, 2.05) is 70.2 Å². The normalized spacial score (nSPS) is 18.4. The van der Waals surface area contributed by atoms with E-state index in [0.717, 1.165) is 16.6 Å². The number of benzene rings is 2. The van der Waals surface area contributed by atoms with E-state index in [9.17, 15) is 10.1 Å². The van der Waals surface area contributed by atoms with Crippen LogP contribution in [-0.2, 0) is 9.31 Å². The van der Waals surface area contributed by atoms with Gasteiger partial charge in [-0.25, -0.2) is 0 Å². The fourth-order valence-electron chi connectivity index (χ4n) is 2.68. The lowest BCUT2D eigenvalue weighted by Gasteiger charge is -2.32. The Balaban J connectivity index is 1.73. The molecule has 134 valence electrons. The van der Waals surface area contributed by atoms with Crippen LogP contribution in [0.5, 0.6) is 0 Å². The average Bonchev–Trinajstić information content (AvgIpc) is 2.81. The molecule has 2 aromatic rings. The minimum absolute atomic E-state index is 0.0864. The molecule has 1 saturated heterocycles. The maximum Gasteiger partial charge on any atom is 0.494 e. The van der Waals surface area contributed by atoms with Crippen molar-refractivity contribution < 1.29 is 14.2 Å². The number of nitrogens with zero attached hydrogens (tertiary/aromatic N) is 1. The third-order valence-corrected chi connectivity index (χ3v) is 5.01. The van der Waals surface area contributed by atoms with Gasteiger partial charge in [-0.05, 0) is 44.3 Å². The summed E-state index contributed by atoms with van der Waals surface area (Å²) in [6.07, 6.45) is 3.78. The van der Waals surface area contributed by atoms with Gasteiger partial charge < -0.3 is 9.31 Å². The molecule has 0 bridgehead atoms. The van der Waals surface area contributed by atoms with Crippen molar-refractivity contribution in [1.82, 2.24) is 0 Å². The van der Waals surface area contributed by atoms with Gasteiger partial charge in [0, 0.05) is 12.1 Å². The average molecular weight is 351 g/mol. The molecule has 6 heteroatoms. The summed E-state index contributed by atoms with van der Waals surface area (Å²) in [5.74, 6) is 0. The number of non-ortho nitro benzene ring substituents is 1. The predicted octanol–water partition coefficient (Wildman–Crippen LogP) is 4.06. The van der Waals surface area contributed by atoms with Crippen molar-refractivity contribution in [1.29, 1.82) is 0 Å². The molecule has 0 saturated carbocycles. The highest BCUT2D eigenvalue weighted by Gasteiger charge is 2.51. The van der Waals surface area contributed by atoms with Gasteiger partial charge >= 0.3 is 7.12 Å². The van der Waals surface area contributed by atoms with Crippen molar-refractivity contribution in [2.24, 2.45) is 0 Å². The Bertz CT molecular complexity index is 827. The fraction of sp³-hybridized carbons (Fsp3) is 0.300. The van der Waals surface area contributed by atoms with Crippen LogP contribution in [0.2, 0.25) is 0 Å². The minimum atomic E-state index is -0.392. The van der Waals surface area contributed by atoms with Gasteiger partial charge in [0.1, 0.15) is 0 Å². The second kappa shape index (κ2) is 6.70. The van der Waals surface area contributed by atoms with Crippen LogP contribution in [0.1, 0.15) is 38.8 Å². The fourth-order valence-corrected chi connectivity index (χ4v) is 2.68. The van der Waals surface area contributed by atoms with E-state index in [-0.39, 0.29) is 24.0 Å². The summed E-state index contributed by atoms with van der Waals surface area (Å²) in [5.41, 5.74) is 2.11. The molecule has 5 nitrogen and oxygen atoms in total. The Morgan fingerprint density at radius 3 is 2.08 bits per heavy atom. The first-order chi connectivity index (χ1) is 12.2. The van der Waals surface area contributed by atoms with Crippen LogP contribution < -0.4 is 5.46 Å². The van der Waals surface area contributed by atoms with Gasteiger partial charge in [0.25, 0.3) is 5.69 Å². The maximum absolute atomic E-state index is 10.8. The van der Waals surface area contributed by atoms with Crippen molar-refractivity contribution in [3.8, 4) is 0 Å². The first-order valence-electron chi connectivity index (χ1n) is 8.56. The van der Waals surface area contributed by atoms with Gasteiger partial charge in [-0.1, -0.05) is 48.6 Å². The van der Waals surface area contributed by atoms with Crippen LogP contribution >= 0.6 is 0 Å². The second-order valence-electron chi connectivity index (χ2n) is 7.44. The van der Waals surface area contributed by atoms with Crippen molar-refractivity contribution in [3.63, 3.8) is 0 Å². The SMILES string of the molecule is CC1(C)OB(c2ccc(/C=C/c3cccc([N+](=O)[O-])c3)cc2)OC1(C)C. The van der Waals surface area contributed by atoms with Gasteiger partial charge in [-0.2, -0.15) is 0 Å². The number of hydrogen-bond acceptors (Lipinski definition) is 4. The number of nitro groups is 1. The van der Waals surface area contributed by atoms with E-state index < -0.39 is 4.92 Å². The van der Waals surface area contributed by atoms with E-state index in [1.54, 1.807) is 12.1 Å². The molecule has 1 heterocycles. The van der Waals surface area contributed by atoms with Gasteiger partial charge in [0.2, 0.25) is 0 Å². The summed E-state index contributed by atoms with van der Waals surface area (Å²) in [4.78, 5) is 10.4. The largest absolute Gasteiger partial charge is 0.494 e. The first kappa shape index (κ1) is 18.4. The standard InChI is InChI=1S/C20H22BNO4/c1-19(2)20(3,4)26-21(25-19)17-12-10-15(11-13-17)8-9-16-6-5-7-18(14-16)22(23)24/h5-14H,1-4H3/b9-8+. The van der Waals surface area contributed by atoms with Gasteiger partial charge in [0.05, 0.1) is 16.1 Å². The van der Waals surface area contributed by atoms with E-state index in [4.69, 9.17) is 9.31 Å². The van der Waals surface area contributed by atoms with Crippen LogP contribution in [-0.4, -0.2) is 23.2 Å². The third-order valence-electron chi connectivity index (χ3n) is 5.01. The molecule has 0 atom stereocenters. The molecule has 1 aliphatic rings. The third kappa shape index (κ3) is 3.71. The molecular formula is C20H22BNO4.